The van der Waals surface area contributed by atoms with Gasteiger partial charge in [-0.1, -0.05) is 13.8 Å². The molecule has 4 nitrogen and oxygen atoms in total. The van der Waals surface area contributed by atoms with Gasteiger partial charge in [-0.2, -0.15) is 5.10 Å². The van der Waals surface area contributed by atoms with E-state index >= 15 is 0 Å². The number of aromatic nitrogens is 2. The van der Waals surface area contributed by atoms with Crippen LogP contribution >= 0.6 is 0 Å². The topological polar surface area (TPSA) is 60.9 Å². The number of Topliss-reactive ketones (excluding diaryl/α,β-unsaturated/α-hetero) is 1. The van der Waals surface area contributed by atoms with Crippen LogP contribution in [0.25, 0.3) is 0 Å². The molecule has 2 N–H and O–H groups in total. The molecule has 0 aliphatic rings. The largest absolute Gasteiger partial charge is 0.325 e. The highest BCUT2D eigenvalue weighted by Gasteiger charge is 2.39. The first-order valence-electron chi connectivity index (χ1n) is 6.02. The number of aryl methyl sites for hydroxylation is 1. The van der Waals surface area contributed by atoms with Crippen molar-refractivity contribution in [1.82, 2.24) is 9.78 Å². The van der Waals surface area contributed by atoms with Gasteiger partial charge in [-0.25, -0.2) is 0 Å². The molecule has 96 valence electrons. The summed E-state index contributed by atoms with van der Waals surface area (Å²) in [6.45, 7) is 10.4. The van der Waals surface area contributed by atoms with Crippen LogP contribution in [0, 0.1) is 5.41 Å². The van der Waals surface area contributed by atoms with Gasteiger partial charge in [0.2, 0.25) is 0 Å². The molecular weight excluding hydrogens is 214 g/mol. The fourth-order valence-electron chi connectivity index (χ4n) is 1.44. The lowest BCUT2D eigenvalue weighted by Gasteiger charge is -2.37. The second kappa shape index (κ2) is 4.61. The summed E-state index contributed by atoms with van der Waals surface area (Å²) in [7, 11) is 0. The molecule has 17 heavy (non-hydrogen) atoms. The summed E-state index contributed by atoms with van der Waals surface area (Å²) in [4.78, 5) is 12.3. The first kappa shape index (κ1) is 13.9. The van der Waals surface area contributed by atoms with Crippen LogP contribution in [0.15, 0.2) is 12.4 Å². The molecule has 0 aliphatic carbocycles. The molecule has 0 saturated heterocycles. The Hall–Kier alpha value is -1.16. The van der Waals surface area contributed by atoms with Crippen molar-refractivity contribution in [3.63, 3.8) is 0 Å². The Bertz CT molecular complexity index is 399. The third kappa shape index (κ3) is 2.94. The lowest BCUT2D eigenvalue weighted by molar-refractivity contribution is -0.129. The number of nitrogens with two attached hydrogens (primary N) is 1. The van der Waals surface area contributed by atoms with Crippen LogP contribution in [0.2, 0.25) is 0 Å². The smallest absolute Gasteiger partial charge is 0.144 e. The molecule has 0 unspecified atom stereocenters. The van der Waals surface area contributed by atoms with E-state index in [4.69, 9.17) is 5.73 Å². The fourth-order valence-corrected chi connectivity index (χ4v) is 1.44. The lowest BCUT2D eigenvalue weighted by Crippen LogP contribution is -2.52. The van der Waals surface area contributed by atoms with Gasteiger partial charge in [0.15, 0.2) is 0 Å². The Kier molecular flexibility index (Phi) is 3.77. The van der Waals surface area contributed by atoms with Gasteiger partial charge >= 0.3 is 0 Å². The average molecular weight is 237 g/mol. The average Bonchev–Trinajstić information content (AvgIpc) is 2.63. The van der Waals surface area contributed by atoms with Crippen LogP contribution in [-0.4, -0.2) is 21.1 Å². The second-order valence-electron chi connectivity index (χ2n) is 5.65. The zero-order valence-electron chi connectivity index (χ0n) is 11.4. The number of ketones is 1. The third-order valence-electron chi connectivity index (χ3n) is 3.68. The van der Waals surface area contributed by atoms with E-state index in [1.54, 1.807) is 6.20 Å². The highest BCUT2D eigenvalue weighted by Crippen LogP contribution is 2.30. The minimum absolute atomic E-state index is 0.153. The highest BCUT2D eigenvalue weighted by molar-refractivity contribution is 5.87. The molecule has 0 saturated carbocycles. The molecule has 4 heteroatoms. The van der Waals surface area contributed by atoms with E-state index in [0.717, 1.165) is 12.1 Å². The molecule has 0 amide bonds. The maximum absolute atomic E-state index is 12.3. The zero-order valence-corrected chi connectivity index (χ0v) is 11.4. The summed E-state index contributed by atoms with van der Waals surface area (Å²) in [5.41, 5.74) is 5.95. The van der Waals surface area contributed by atoms with Crippen molar-refractivity contribution in [2.75, 3.05) is 0 Å². The van der Waals surface area contributed by atoms with Gasteiger partial charge in [0.05, 0.1) is 6.20 Å². The quantitative estimate of drug-likeness (QED) is 0.849. The molecule has 0 bridgehead atoms. The Labute approximate surface area is 103 Å². The molecule has 1 heterocycles. The molecular formula is C13H23N3O. The number of rotatable bonds is 5. The van der Waals surface area contributed by atoms with E-state index < -0.39 is 11.0 Å². The highest BCUT2D eigenvalue weighted by atomic mass is 16.1. The minimum Gasteiger partial charge on any atom is -0.325 e. The fraction of sp³-hybridized carbons (Fsp3) is 0.692. The number of hydrogen-bond donors (Lipinski definition) is 1. The minimum atomic E-state index is -0.540. The van der Waals surface area contributed by atoms with E-state index in [2.05, 4.69) is 5.10 Å². The number of nitrogens with zero attached hydrogens (tertiary/aromatic N) is 2. The Balaban J connectivity index is 2.79. The van der Waals surface area contributed by atoms with Crippen molar-refractivity contribution in [2.45, 2.75) is 53.1 Å². The molecule has 0 spiro atoms. The van der Waals surface area contributed by atoms with Gasteiger partial charge in [-0.3, -0.25) is 9.48 Å². The van der Waals surface area contributed by atoms with Gasteiger partial charge in [-0.15, -0.1) is 0 Å². The Morgan fingerprint density at radius 3 is 2.41 bits per heavy atom. The molecule has 0 radical (unpaired) electrons. The third-order valence-corrected chi connectivity index (χ3v) is 3.68. The molecule has 0 atom stereocenters. The zero-order chi connectivity index (χ0) is 13.3. The van der Waals surface area contributed by atoms with Crippen LogP contribution < -0.4 is 5.73 Å². The van der Waals surface area contributed by atoms with E-state index in [1.165, 1.54) is 0 Å². The van der Waals surface area contributed by atoms with Gasteiger partial charge in [0.1, 0.15) is 5.78 Å². The maximum Gasteiger partial charge on any atom is 0.144 e. The van der Waals surface area contributed by atoms with Crippen LogP contribution in [-0.2, 0) is 17.8 Å². The van der Waals surface area contributed by atoms with E-state index in [1.807, 2.05) is 45.5 Å². The number of hydrogen-bond acceptors (Lipinski definition) is 3. The van der Waals surface area contributed by atoms with Gasteiger partial charge < -0.3 is 5.73 Å². The summed E-state index contributed by atoms with van der Waals surface area (Å²) in [6, 6.07) is 0. The molecule has 1 aromatic rings. The predicted octanol–water partition coefficient (Wildman–Crippen LogP) is 1.78. The van der Waals surface area contributed by atoms with Crippen molar-refractivity contribution in [3.05, 3.63) is 18.0 Å². The van der Waals surface area contributed by atoms with Crippen molar-refractivity contribution in [2.24, 2.45) is 11.1 Å². The first-order valence-corrected chi connectivity index (χ1v) is 6.02. The molecule has 0 aromatic carbocycles. The Morgan fingerprint density at radius 2 is 2.00 bits per heavy atom. The van der Waals surface area contributed by atoms with E-state index in [-0.39, 0.29) is 5.78 Å². The van der Waals surface area contributed by atoms with Crippen LogP contribution in [0.5, 0.6) is 0 Å². The monoisotopic (exact) mass is 237 g/mol. The summed E-state index contributed by atoms with van der Waals surface area (Å²) < 4.78 is 1.82. The normalized spacial score (nSPS) is 12.8. The van der Waals surface area contributed by atoms with Crippen LogP contribution in [0.4, 0.5) is 0 Å². The summed E-state index contributed by atoms with van der Waals surface area (Å²) in [6.07, 6.45) is 4.06. The summed E-state index contributed by atoms with van der Waals surface area (Å²) >= 11 is 0. The van der Waals surface area contributed by atoms with Crippen LogP contribution in [0.1, 0.15) is 40.2 Å². The van der Waals surface area contributed by atoms with Crippen LogP contribution in [0.3, 0.4) is 0 Å². The van der Waals surface area contributed by atoms with Crippen molar-refractivity contribution in [3.8, 4) is 0 Å². The number of carbonyl (C=O) groups is 1. The molecule has 1 rings (SSSR count). The SMILES string of the molecule is CCn1cc(CC(=O)C(C)(C)C(C)(C)N)cn1. The number of carbonyl (C=O) groups excluding carboxylic acids is 1. The van der Waals surface area contributed by atoms with Gasteiger partial charge in [0.25, 0.3) is 0 Å². The predicted molar refractivity (Wildman–Crippen MR) is 68.7 cm³/mol. The van der Waals surface area contributed by atoms with E-state index in [0.29, 0.717) is 6.42 Å². The van der Waals surface area contributed by atoms with Crippen molar-refractivity contribution in [1.29, 1.82) is 0 Å². The molecule has 1 aromatic heterocycles. The van der Waals surface area contributed by atoms with E-state index in [9.17, 15) is 4.79 Å². The van der Waals surface area contributed by atoms with Crippen molar-refractivity contribution < 1.29 is 4.79 Å². The second-order valence-corrected chi connectivity index (χ2v) is 5.65. The molecule has 0 fully saturated rings. The van der Waals surface area contributed by atoms with Crippen molar-refractivity contribution >= 4 is 5.78 Å². The summed E-state index contributed by atoms with van der Waals surface area (Å²) in [5.74, 6) is 0.153. The van der Waals surface area contributed by atoms with Gasteiger partial charge in [0, 0.05) is 30.1 Å². The van der Waals surface area contributed by atoms with Gasteiger partial charge in [-0.05, 0) is 26.3 Å². The Morgan fingerprint density at radius 1 is 1.41 bits per heavy atom. The molecule has 0 aliphatic heterocycles. The summed E-state index contributed by atoms with van der Waals surface area (Å²) in [5, 5.41) is 4.17. The standard InChI is InChI=1S/C13H23N3O/c1-6-16-9-10(8-15-16)7-11(17)12(2,3)13(4,5)14/h8-9H,6-7,14H2,1-5H3. The maximum atomic E-state index is 12.3. The first-order chi connectivity index (χ1) is 7.68. The lowest BCUT2D eigenvalue weighted by atomic mass is 9.71.